The molecule has 0 saturated heterocycles. The van der Waals surface area contributed by atoms with Gasteiger partial charge >= 0.3 is 7.82 Å². The summed E-state index contributed by atoms with van der Waals surface area (Å²) in [4.78, 5) is 23.1. The number of carbonyl (C=O) groups is 1. The fourth-order valence-corrected chi connectivity index (χ4v) is 8.20. The van der Waals surface area contributed by atoms with Crippen molar-refractivity contribution in [1.29, 1.82) is 0 Å². The van der Waals surface area contributed by atoms with E-state index in [9.17, 15) is 19.4 Å². The minimum absolute atomic E-state index is 0.0548. The number of allylic oxidation sites excluding steroid dienone is 5. The van der Waals surface area contributed by atoms with Gasteiger partial charge in [-0.05, 0) is 57.8 Å². The standard InChI is InChI=1S/C52H101N2O6P/c1-6-8-10-12-14-16-18-20-21-22-23-24-25-26-27-28-29-30-31-32-34-35-37-39-41-43-45-51(55)50(49-60-61(57,58)59-48-47-54(3,4)5)53-52(56)46-44-42-40-38-36-33-19-17-15-13-11-9-7-2/h17,19,35,37,43,45,50-51,55H,6-16,18,20-34,36,38-42,44,46-49H2,1-5H3,(H-,53,56,57,58)/p+1/b19-17-,37-35+,45-43+. The summed E-state index contributed by atoms with van der Waals surface area (Å²) in [7, 11) is 1.55. The van der Waals surface area contributed by atoms with Crippen LogP contribution in [-0.2, 0) is 18.4 Å². The van der Waals surface area contributed by atoms with Crippen molar-refractivity contribution in [2.75, 3.05) is 40.9 Å². The van der Waals surface area contributed by atoms with E-state index in [1.807, 2.05) is 27.2 Å². The summed E-state index contributed by atoms with van der Waals surface area (Å²) in [5.41, 5.74) is 0. The maximum atomic E-state index is 12.9. The second-order valence-electron chi connectivity index (χ2n) is 18.9. The van der Waals surface area contributed by atoms with Crippen molar-refractivity contribution in [3.63, 3.8) is 0 Å². The number of hydrogen-bond acceptors (Lipinski definition) is 5. The van der Waals surface area contributed by atoms with Gasteiger partial charge in [0.15, 0.2) is 0 Å². The molecule has 0 aliphatic heterocycles. The Balaban J connectivity index is 4.26. The highest BCUT2D eigenvalue weighted by atomic mass is 31.2. The fraction of sp³-hybridized carbons (Fsp3) is 0.865. The van der Waals surface area contributed by atoms with Crippen LogP contribution in [0.5, 0.6) is 0 Å². The van der Waals surface area contributed by atoms with Crippen LogP contribution in [-0.4, -0.2) is 73.4 Å². The number of nitrogens with zero attached hydrogens (tertiary/aromatic N) is 1. The molecule has 3 unspecified atom stereocenters. The molecule has 0 saturated carbocycles. The number of amides is 1. The van der Waals surface area contributed by atoms with Gasteiger partial charge in [-0.2, -0.15) is 0 Å². The Hall–Kier alpha value is -1.28. The first-order valence-electron chi connectivity index (χ1n) is 25.9. The molecule has 0 aliphatic rings. The number of phosphoric ester groups is 1. The number of rotatable bonds is 47. The highest BCUT2D eigenvalue weighted by molar-refractivity contribution is 7.47. The van der Waals surface area contributed by atoms with Crippen LogP contribution in [0.25, 0.3) is 0 Å². The van der Waals surface area contributed by atoms with Gasteiger partial charge in [-0.3, -0.25) is 13.8 Å². The lowest BCUT2D eigenvalue weighted by Crippen LogP contribution is -2.45. The van der Waals surface area contributed by atoms with E-state index in [1.165, 1.54) is 167 Å². The molecular formula is C52H102N2O6P+. The van der Waals surface area contributed by atoms with E-state index >= 15 is 0 Å². The molecule has 8 nitrogen and oxygen atoms in total. The van der Waals surface area contributed by atoms with Gasteiger partial charge in [0, 0.05) is 6.42 Å². The molecule has 0 heterocycles. The van der Waals surface area contributed by atoms with Crippen LogP contribution in [0, 0.1) is 0 Å². The molecule has 3 atom stereocenters. The number of aliphatic hydroxyl groups excluding tert-OH is 1. The molecule has 0 aromatic heterocycles. The topological polar surface area (TPSA) is 105 Å². The highest BCUT2D eigenvalue weighted by Gasteiger charge is 2.27. The van der Waals surface area contributed by atoms with E-state index < -0.39 is 20.0 Å². The Morgan fingerprint density at radius 3 is 1.33 bits per heavy atom. The molecule has 0 fully saturated rings. The van der Waals surface area contributed by atoms with Gasteiger partial charge in [0.25, 0.3) is 0 Å². The molecule has 3 N–H and O–H groups in total. The Labute approximate surface area is 378 Å². The Bertz CT molecular complexity index is 1090. The molecule has 9 heteroatoms. The van der Waals surface area contributed by atoms with Crippen molar-refractivity contribution in [2.45, 2.75) is 251 Å². The first-order valence-corrected chi connectivity index (χ1v) is 27.4. The Morgan fingerprint density at radius 1 is 0.541 bits per heavy atom. The predicted molar refractivity (Wildman–Crippen MR) is 263 cm³/mol. The summed E-state index contributed by atoms with van der Waals surface area (Å²) in [5.74, 6) is -0.196. The molecule has 360 valence electrons. The van der Waals surface area contributed by atoms with E-state index in [2.05, 4.69) is 43.5 Å². The van der Waals surface area contributed by atoms with E-state index in [4.69, 9.17) is 9.05 Å². The largest absolute Gasteiger partial charge is 0.472 e. The lowest BCUT2D eigenvalue weighted by Gasteiger charge is -2.25. The predicted octanol–water partition coefficient (Wildman–Crippen LogP) is 15.0. The van der Waals surface area contributed by atoms with E-state index in [-0.39, 0.29) is 19.1 Å². The quantitative estimate of drug-likeness (QED) is 0.0243. The van der Waals surface area contributed by atoms with Crippen molar-refractivity contribution in [2.24, 2.45) is 0 Å². The zero-order valence-corrected chi connectivity index (χ0v) is 41.8. The summed E-state index contributed by atoms with van der Waals surface area (Å²) in [6.45, 7) is 4.78. The second-order valence-corrected chi connectivity index (χ2v) is 20.3. The van der Waals surface area contributed by atoms with Crippen molar-refractivity contribution >= 4 is 13.7 Å². The number of unbranched alkanes of at least 4 members (excludes halogenated alkanes) is 30. The van der Waals surface area contributed by atoms with Crippen LogP contribution in [0.3, 0.4) is 0 Å². The average Bonchev–Trinajstić information content (AvgIpc) is 3.21. The molecule has 0 rings (SSSR count). The van der Waals surface area contributed by atoms with E-state index in [0.717, 1.165) is 51.4 Å². The summed E-state index contributed by atoms with van der Waals surface area (Å²) in [6.07, 6.45) is 55.3. The van der Waals surface area contributed by atoms with Gasteiger partial charge < -0.3 is 19.8 Å². The lowest BCUT2D eigenvalue weighted by atomic mass is 10.0. The van der Waals surface area contributed by atoms with Crippen LogP contribution in [0.2, 0.25) is 0 Å². The number of carbonyl (C=O) groups excluding carboxylic acids is 1. The van der Waals surface area contributed by atoms with Crippen LogP contribution in [0.1, 0.15) is 239 Å². The van der Waals surface area contributed by atoms with Crippen LogP contribution < -0.4 is 5.32 Å². The number of likely N-dealkylation sites (N-methyl/N-ethyl adjacent to an activating group) is 1. The molecule has 0 aliphatic carbocycles. The number of hydrogen-bond donors (Lipinski definition) is 3. The zero-order valence-electron chi connectivity index (χ0n) is 40.9. The maximum Gasteiger partial charge on any atom is 0.472 e. The first kappa shape index (κ1) is 59.7. The zero-order chi connectivity index (χ0) is 45.0. The fourth-order valence-electron chi connectivity index (χ4n) is 7.46. The van der Waals surface area contributed by atoms with Gasteiger partial charge in [0.2, 0.25) is 5.91 Å². The molecule has 0 spiro atoms. The lowest BCUT2D eigenvalue weighted by molar-refractivity contribution is -0.870. The van der Waals surface area contributed by atoms with Crippen molar-refractivity contribution in [3.05, 3.63) is 36.5 Å². The van der Waals surface area contributed by atoms with Gasteiger partial charge in [0.1, 0.15) is 13.2 Å². The van der Waals surface area contributed by atoms with Crippen LogP contribution >= 0.6 is 7.82 Å². The van der Waals surface area contributed by atoms with Gasteiger partial charge in [-0.1, -0.05) is 211 Å². The molecule has 61 heavy (non-hydrogen) atoms. The summed E-state index contributed by atoms with van der Waals surface area (Å²) in [5, 5.41) is 13.8. The molecule has 0 aromatic rings. The van der Waals surface area contributed by atoms with Crippen molar-refractivity contribution in [1.82, 2.24) is 5.32 Å². The third-order valence-electron chi connectivity index (χ3n) is 11.6. The summed E-state index contributed by atoms with van der Waals surface area (Å²) in [6, 6.07) is -0.866. The minimum Gasteiger partial charge on any atom is -0.387 e. The van der Waals surface area contributed by atoms with Crippen molar-refractivity contribution < 1.29 is 32.9 Å². The molecule has 0 aromatic carbocycles. The minimum atomic E-state index is -4.35. The smallest absolute Gasteiger partial charge is 0.387 e. The van der Waals surface area contributed by atoms with Crippen molar-refractivity contribution in [3.8, 4) is 0 Å². The maximum absolute atomic E-state index is 12.9. The average molecular weight is 882 g/mol. The molecular weight excluding hydrogens is 780 g/mol. The van der Waals surface area contributed by atoms with Gasteiger partial charge in [0.05, 0.1) is 39.9 Å². The summed E-state index contributed by atoms with van der Waals surface area (Å²) < 4.78 is 23.6. The van der Waals surface area contributed by atoms with Gasteiger partial charge in [-0.25, -0.2) is 4.57 Å². The number of quaternary nitrogens is 1. The number of phosphoric acid groups is 1. The third-order valence-corrected chi connectivity index (χ3v) is 12.6. The van der Waals surface area contributed by atoms with Crippen LogP contribution in [0.15, 0.2) is 36.5 Å². The summed E-state index contributed by atoms with van der Waals surface area (Å²) >= 11 is 0. The molecule has 0 bridgehead atoms. The van der Waals surface area contributed by atoms with Gasteiger partial charge in [-0.15, -0.1) is 0 Å². The molecule has 0 radical (unpaired) electrons. The highest BCUT2D eigenvalue weighted by Crippen LogP contribution is 2.43. The van der Waals surface area contributed by atoms with Crippen LogP contribution in [0.4, 0.5) is 0 Å². The monoisotopic (exact) mass is 882 g/mol. The number of aliphatic hydroxyl groups is 1. The first-order chi connectivity index (χ1) is 29.5. The Morgan fingerprint density at radius 2 is 0.902 bits per heavy atom. The molecule has 1 amide bonds. The number of nitrogens with one attached hydrogen (secondary N) is 1. The third kappa shape index (κ3) is 46.5. The Kier molecular flexibility index (Phi) is 43.0. The normalized spacial score (nSPS) is 14.4. The van der Waals surface area contributed by atoms with E-state index in [0.29, 0.717) is 17.4 Å². The second kappa shape index (κ2) is 43.9. The van der Waals surface area contributed by atoms with E-state index in [1.54, 1.807) is 6.08 Å². The SMILES string of the molecule is CCCCCC/C=C\CCCCCCCC(=O)NC(COP(=O)(O)OCC[N+](C)(C)C)C(O)/C=C/CC/C=C/CCCCCCCCCCCCCCCCCCCCCC.